The monoisotopic (exact) mass is 175 g/mol. The van der Waals surface area contributed by atoms with Crippen LogP contribution in [-0.4, -0.2) is 10.2 Å². The first-order chi connectivity index (χ1) is 3.80. The van der Waals surface area contributed by atoms with E-state index in [1.165, 1.54) is 0 Å². The zero-order chi connectivity index (χ0) is 5.98. The average Bonchev–Trinajstić information content (AvgIpc) is 1.77. The molecular formula is C4HBrFN2. The predicted molar refractivity (Wildman–Crippen MR) is 28.5 cm³/mol. The Labute approximate surface area is 53.9 Å². The lowest BCUT2D eigenvalue weighted by Gasteiger charge is -1.84. The van der Waals surface area contributed by atoms with Gasteiger partial charge in [0.1, 0.15) is 6.20 Å². The summed E-state index contributed by atoms with van der Waals surface area (Å²) >= 11 is 2.86. The van der Waals surface area contributed by atoms with Gasteiger partial charge < -0.3 is 0 Å². The summed E-state index contributed by atoms with van der Waals surface area (Å²) in [4.78, 5) is 0. The topological polar surface area (TPSA) is 25.8 Å². The molecule has 0 fully saturated rings. The molecule has 0 aromatic carbocycles. The molecule has 0 saturated heterocycles. The average molecular weight is 176 g/mol. The molecule has 1 aromatic heterocycles. The second-order valence-corrected chi connectivity index (χ2v) is 1.91. The summed E-state index contributed by atoms with van der Waals surface area (Å²) in [6, 6.07) is 0. The van der Waals surface area contributed by atoms with Gasteiger partial charge >= 0.3 is 0 Å². The van der Waals surface area contributed by atoms with E-state index in [-0.39, 0.29) is 4.47 Å². The van der Waals surface area contributed by atoms with Crippen LogP contribution in [0, 0.1) is 12.0 Å². The number of rotatable bonds is 0. The molecule has 0 spiro atoms. The summed E-state index contributed by atoms with van der Waals surface area (Å²) in [5.74, 6) is -0.444. The Morgan fingerprint density at radius 1 is 1.75 bits per heavy atom. The van der Waals surface area contributed by atoms with Crippen molar-refractivity contribution in [3.05, 3.63) is 22.7 Å². The molecule has 2 nitrogen and oxygen atoms in total. The fraction of sp³-hybridized carbons (Fsp3) is 0. The quantitative estimate of drug-likeness (QED) is 0.592. The fourth-order valence-corrected chi connectivity index (χ4v) is 0.444. The molecule has 1 radical (unpaired) electrons. The molecule has 8 heavy (non-hydrogen) atoms. The Hall–Kier alpha value is -0.510. The first-order valence-corrected chi connectivity index (χ1v) is 2.64. The summed E-state index contributed by atoms with van der Waals surface area (Å²) in [6.45, 7) is 0. The molecule has 0 aliphatic carbocycles. The van der Waals surface area contributed by atoms with Gasteiger partial charge in [-0.3, -0.25) is 0 Å². The number of nitrogens with zero attached hydrogens (tertiary/aromatic N) is 2. The lowest BCUT2D eigenvalue weighted by molar-refractivity contribution is 0.606. The summed E-state index contributed by atoms with van der Waals surface area (Å²) in [7, 11) is 0. The van der Waals surface area contributed by atoms with Crippen LogP contribution in [0.5, 0.6) is 0 Å². The van der Waals surface area contributed by atoms with Crippen LogP contribution in [0.1, 0.15) is 0 Å². The van der Waals surface area contributed by atoms with Crippen LogP contribution in [0.25, 0.3) is 0 Å². The number of hydrogen-bond acceptors (Lipinski definition) is 2. The Bertz CT molecular complexity index is 170. The third kappa shape index (κ3) is 1.01. The second-order valence-electron chi connectivity index (χ2n) is 1.12. The van der Waals surface area contributed by atoms with Crippen LogP contribution >= 0.6 is 15.9 Å². The van der Waals surface area contributed by atoms with Gasteiger partial charge in [0.05, 0.1) is 10.7 Å². The third-order valence-electron chi connectivity index (χ3n) is 0.587. The highest BCUT2D eigenvalue weighted by molar-refractivity contribution is 9.10. The first-order valence-electron chi connectivity index (χ1n) is 1.85. The molecule has 0 bridgehead atoms. The van der Waals surface area contributed by atoms with Crippen LogP contribution in [0.2, 0.25) is 0 Å². The lowest BCUT2D eigenvalue weighted by atomic mass is 10.6. The minimum atomic E-state index is -0.444. The Kier molecular flexibility index (Phi) is 1.53. The van der Waals surface area contributed by atoms with Gasteiger partial charge in [-0.2, -0.15) is 5.10 Å². The molecule has 0 aliphatic rings. The maximum absolute atomic E-state index is 12.1. The van der Waals surface area contributed by atoms with Crippen molar-refractivity contribution < 1.29 is 4.39 Å². The van der Waals surface area contributed by atoms with Gasteiger partial charge in [-0.25, -0.2) is 4.39 Å². The standard InChI is InChI=1S/C4HBrFN2/c5-3-1-7-8-2-4(3)6/h2H. The highest BCUT2D eigenvalue weighted by Gasteiger charge is 1.94. The highest BCUT2D eigenvalue weighted by atomic mass is 79.9. The molecule has 0 amide bonds. The summed E-state index contributed by atoms with van der Waals surface area (Å²) < 4.78 is 12.4. The fourth-order valence-electron chi connectivity index (χ4n) is 0.262. The smallest absolute Gasteiger partial charge is 0.159 e. The maximum Gasteiger partial charge on any atom is 0.159 e. The molecular weight excluding hydrogens is 175 g/mol. The Balaban J connectivity index is 3.13. The highest BCUT2D eigenvalue weighted by Crippen LogP contribution is 2.08. The molecule has 0 unspecified atom stereocenters. The van der Waals surface area contributed by atoms with Gasteiger partial charge in [0, 0.05) is 0 Å². The van der Waals surface area contributed by atoms with Crippen molar-refractivity contribution in [2.24, 2.45) is 0 Å². The van der Waals surface area contributed by atoms with E-state index in [9.17, 15) is 4.39 Å². The molecule has 0 aliphatic heterocycles. The van der Waals surface area contributed by atoms with E-state index >= 15 is 0 Å². The molecule has 0 atom stereocenters. The predicted octanol–water partition coefficient (Wildman–Crippen LogP) is 1.18. The van der Waals surface area contributed by atoms with Crippen molar-refractivity contribution in [3.63, 3.8) is 0 Å². The van der Waals surface area contributed by atoms with Crippen LogP contribution in [0.3, 0.4) is 0 Å². The molecule has 41 valence electrons. The molecule has 1 aromatic rings. The van der Waals surface area contributed by atoms with Crippen molar-refractivity contribution in [3.8, 4) is 0 Å². The van der Waals surface area contributed by atoms with Crippen molar-refractivity contribution in [1.29, 1.82) is 0 Å². The summed E-state index contributed by atoms with van der Waals surface area (Å²) in [5, 5.41) is 6.52. The summed E-state index contributed by atoms with van der Waals surface area (Å²) in [6.07, 6.45) is 3.29. The number of halogens is 2. The van der Waals surface area contributed by atoms with Crippen LogP contribution in [0.15, 0.2) is 10.7 Å². The van der Waals surface area contributed by atoms with Gasteiger partial charge in [0.25, 0.3) is 0 Å². The zero-order valence-corrected chi connectivity index (χ0v) is 5.31. The normalized spacial score (nSPS) is 9.25. The Morgan fingerprint density at radius 3 is 2.88 bits per heavy atom. The minimum Gasteiger partial charge on any atom is -0.204 e. The van der Waals surface area contributed by atoms with Crippen molar-refractivity contribution in [2.75, 3.05) is 0 Å². The van der Waals surface area contributed by atoms with E-state index in [0.29, 0.717) is 0 Å². The van der Waals surface area contributed by atoms with E-state index in [1.54, 1.807) is 0 Å². The van der Waals surface area contributed by atoms with Crippen molar-refractivity contribution in [2.45, 2.75) is 0 Å². The Morgan fingerprint density at radius 2 is 2.50 bits per heavy atom. The SMILES string of the molecule is Fc1cnn[c]c1Br. The molecule has 1 heterocycles. The van der Waals surface area contributed by atoms with Gasteiger partial charge in [0.2, 0.25) is 0 Å². The minimum absolute atomic E-state index is 0.215. The van der Waals surface area contributed by atoms with Gasteiger partial charge in [-0.1, -0.05) is 0 Å². The zero-order valence-electron chi connectivity index (χ0n) is 3.73. The van der Waals surface area contributed by atoms with Gasteiger partial charge in [0.15, 0.2) is 5.82 Å². The lowest BCUT2D eigenvalue weighted by Crippen LogP contribution is -1.82. The molecule has 0 saturated carbocycles. The molecule has 1 rings (SSSR count). The molecule has 0 N–H and O–H groups in total. The van der Waals surface area contributed by atoms with Gasteiger partial charge in [-0.15, -0.1) is 5.10 Å². The first kappa shape index (κ1) is 5.62. The van der Waals surface area contributed by atoms with Crippen molar-refractivity contribution >= 4 is 15.9 Å². The largest absolute Gasteiger partial charge is 0.204 e. The number of hydrogen-bond donors (Lipinski definition) is 0. The van der Waals surface area contributed by atoms with Crippen LogP contribution in [-0.2, 0) is 0 Å². The van der Waals surface area contributed by atoms with Gasteiger partial charge in [-0.05, 0) is 15.9 Å². The number of aromatic nitrogens is 2. The van der Waals surface area contributed by atoms with E-state index < -0.39 is 5.82 Å². The van der Waals surface area contributed by atoms with E-state index in [0.717, 1.165) is 6.20 Å². The molecule has 4 heteroatoms. The van der Waals surface area contributed by atoms with Crippen LogP contribution < -0.4 is 0 Å². The van der Waals surface area contributed by atoms with Crippen LogP contribution in [0.4, 0.5) is 4.39 Å². The third-order valence-corrected chi connectivity index (χ3v) is 1.14. The summed E-state index contributed by atoms with van der Waals surface area (Å²) in [5.41, 5.74) is 0. The van der Waals surface area contributed by atoms with E-state index in [1.807, 2.05) is 0 Å². The maximum atomic E-state index is 12.1. The van der Waals surface area contributed by atoms with Crippen molar-refractivity contribution in [1.82, 2.24) is 10.2 Å². The second kappa shape index (κ2) is 2.17. The van der Waals surface area contributed by atoms with E-state index in [2.05, 4.69) is 32.3 Å². The van der Waals surface area contributed by atoms with E-state index in [4.69, 9.17) is 0 Å².